The maximum atomic E-state index is 4.65. The van der Waals surface area contributed by atoms with E-state index in [9.17, 15) is 0 Å². The number of anilines is 1. The Morgan fingerprint density at radius 2 is 1.77 bits per heavy atom. The Morgan fingerprint density at radius 1 is 1.04 bits per heavy atom. The van der Waals surface area contributed by atoms with Crippen LogP contribution in [0.2, 0.25) is 0 Å². The van der Waals surface area contributed by atoms with Gasteiger partial charge in [0.2, 0.25) is 0 Å². The molecule has 0 unspecified atom stereocenters. The van der Waals surface area contributed by atoms with Gasteiger partial charge in [-0.25, -0.2) is 9.97 Å². The molecule has 1 N–H and O–H groups in total. The molecule has 1 atom stereocenters. The van der Waals surface area contributed by atoms with Gasteiger partial charge >= 0.3 is 0 Å². The van der Waals surface area contributed by atoms with Gasteiger partial charge in [0.25, 0.3) is 0 Å². The van der Waals surface area contributed by atoms with Crippen LogP contribution in [0.5, 0.6) is 0 Å². The Morgan fingerprint density at radius 3 is 2.42 bits per heavy atom. The van der Waals surface area contributed by atoms with Crippen molar-refractivity contribution in [3.05, 3.63) is 70.4 Å². The quantitative estimate of drug-likeness (QED) is 0.720. The van der Waals surface area contributed by atoms with E-state index >= 15 is 0 Å². The average Bonchev–Trinajstić information content (AvgIpc) is 2.87. The van der Waals surface area contributed by atoms with Crippen molar-refractivity contribution >= 4 is 5.82 Å². The standard InChI is InChI=1S/C21H27N5/c1-14(13-26-17(4)15(2)16(3)25-26)20-11-21(24-18(5)23-20)22-12-19-9-7-6-8-10-19/h6-11,14H,12-13H2,1-5H3,(H,22,23,24)/t14-/m0/s1. The first-order chi connectivity index (χ1) is 12.4. The largest absolute Gasteiger partial charge is 0.366 e. The molecule has 0 amide bonds. The van der Waals surface area contributed by atoms with Crippen molar-refractivity contribution in [3.8, 4) is 0 Å². The van der Waals surface area contributed by atoms with Crippen molar-refractivity contribution in [2.24, 2.45) is 0 Å². The van der Waals surface area contributed by atoms with Crippen LogP contribution in [-0.4, -0.2) is 19.7 Å². The van der Waals surface area contributed by atoms with Gasteiger partial charge < -0.3 is 5.32 Å². The van der Waals surface area contributed by atoms with Crippen LogP contribution in [-0.2, 0) is 13.1 Å². The summed E-state index contributed by atoms with van der Waals surface area (Å²) in [5.41, 5.74) is 5.86. The molecule has 0 aliphatic carbocycles. The summed E-state index contributed by atoms with van der Waals surface area (Å²) >= 11 is 0. The predicted molar refractivity (Wildman–Crippen MR) is 105 cm³/mol. The third-order valence-corrected chi connectivity index (χ3v) is 4.87. The van der Waals surface area contributed by atoms with Gasteiger partial charge in [0.05, 0.1) is 11.4 Å². The number of nitrogens with one attached hydrogen (secondary N) is 1. The molecule has 26 heavy (non-hydrogen) atoms. The molecular weight excluding hydrogens is 322 g/mol. The summed E-state index contributed by atoms with van der Waals surface area (Å²) in [5, 5.41) is 8.07. The van der Waals surface area contributed by atoms with E-state index in [0.29, 0.717) is 0 Å². The van der Waals surface area contributed by atoms with E-state index in [-0.39, 0.29) is 5.92 Å². The van der Waals surface area contributed by atoms with Crippen LogP contribution in [0.4, 0.5) is 5.82 Å². The first-order valence-corrected chi connectivity index (χ1v) is 9.08. The average molecular weight is 349 g/mol. The van der Waals surface area contributed by atoms with Gasteiger partial charge in [-0.2, -0.15) is 5.10 Å². The number of aryl methyl sites for hydroxylation is 2. The van der Waals surface area contributed by atoms with Crippen molar-refractivity contribution < 1.29 is 0 Å². The number of aromatic nitrogens is 4. The van der Waals surface area contributed by atoms with E-state index < -0.39 is 0 Å². The molecule has 5 nitrogen and oxygen atoms in total. The number of rotatable bonds is 6. The van der Waals surface area contributed by atoms with Gasteiger partial charge in [-0.05, 0) is 38.8 Å². The van der Waals surface area contributed by atoms with E-state index in [0.717, 1.165) is 36.1 Å². The summed E-state index contributed by atoms with van der Waals surface area (Å²) in [6, 6.07) is 12.4. The number of hydrogen-bond acceptors (Lipinski definition) is 4. The van der Waals surface area contributed by atoms with Crippen molar-refractivity contribution in [2.75, 3.05) is 5.32 Å². The molecule has 2 heterocycles. The highest BCUT2D eigenvalue weighted by molar-refractivity contribution is 5.38. The molecule has 5 heteroatoms. The highest BCUT2D eigenvalue weighted by atomic mass is 15.3. The molecule has 136 valence electrons. The molecule has 2 aromatic heterocycles. The van der Waals surface area contributed by atoms with Gasteiger partial charge in [-0.1, -0.05) is 37.3 Å². The fourth-order valence-electron chi connectivity index (χ4n) is 3.04. The summed E-state index contributed by atoms with van der Waals surface area (Å²) in [6.07, 6.45) is 0. The number of nitrogens with zero attached hydrogens (tertiary/aromatic N) is 4. The fourth-order valence-corrected chi connectivity index (χ4v) is 3.04. The third kappa shape index (κ3) is 4.10. The second-order valence-electron chi connectivity index (χ2n) is 6.94. The van der Waals surface area contributed by atoms with Crippen LogP contribution >= 0.6 is 0 Å². The van der Waals surface area contributed by atoms with Crippen LogP contribution in [0.1, 0.15) is 46.9 Å². The summed E-state index contributed by atoms with van der Waals surface area (Å²) in [6.45, 7) is 12.0. The molecule has 0 fully saturated rings. The Labute approximate surface area is 155 Å². The van der Waals surface area contributed by atoms with E-state index in [1.165, 1.54) is 16.8 Å². The zero-order chi connectivity index (χ0) is 18.7. The minimum atomic E-state index is 0.256. The highest BCUT2D eigenvalue weighted by Crippen LogP contribution is 2.21. The lowest BCUT2D eigenvalue weighted by molar-refractivity contribution is 0.519. The minimum absolute atomic E-state index is 0.256. The van der Waals surface area contributed by atoms with Crippen molar-refractivity contribution in [2.45, 2.75) is 53.6 Å². The molecule has 0 spiro atoms. The summed E-state index contributed by atoms with van der Waals surface area (Å²) in [7, 11) is 0. The molecule has 0 aliphatic rings. The van der Waals surface area contributed by atoms with Gasteiger partial charge in [0, 0.05) is 30.8 Å². The van der Waals surface area contributed by atoms with Crippen LogP contribution in [0.3, 0.4) is 0 Å². The molecule has 0 aliphatic heterocycles. The lowest BCUT2D eigenvalue weighted by atomic mass is 10.1. The Hall–Kier alpha value is -2.69. The second kappa shape index (κ2) is 7.68. The number of hydrogen-bond donors (Lipinski definition) is 1. The smallest absolute Gasteiger partial charge is 0.130 e. The van der Waals surface area contributed by atoms with Crippen molar-refractivity contribution in [3.63, 3.8) is 0 Å². The summed E-state index contributed by atoms with van der Waals surface area (Å²) < 4.78 is 2.09. The molecule has 0 saturated heterocycles. The monoisotopic (exact) mass is 349 g/mol. The fraction of sp³-hybridized carbons (Fsp3) is 0.381. The molecule has 0 bridgehead atoms. The lowest BCUT2D eigenvalue weighted by Gasteiger charge is -2.15. The van der Waals surface area contributed by atoms with Gasteiger partial charge in [-0.3, -0.25) is 4.68 Å². The number of benzene rings is 1. The maximum absolute atomic E-state index is 4.65. The first kappa shape index (κ1) is 18.1. The minimum Gasteiger partial charge on any atom is -0.366 e. The van der Waals surface area contributed by atoms with Crippen LogP contribution in [0.15, 0.2) is 36.4 Å². The SMILES string of the molecule is Cc1nc(NCc2ccccc2)cc([C@@H](C)Cn2nc(C)c(C)c2C)n1. The van der Waals surface area contributed by atoms with Gasteiger partial charge in [-0.15, -0.1) is 0 Å². The summed E-state index contributed by atoms with van der Waals surface area (Å²) in [4.78, 5) is 9.18. The van der Waals surface area contributed by atoms with Crippen LogP contribution in [0, 0.1) is 27.7 Å². The molecule has 3 rings (SSSR count). The highest BCUT2D eigenvalue weighted by Gasteiger charge is 2.14. The first-order valence-electron chi connectivity index (χ1n) is 9.08. The van der Waals surface area contributed by atoms with Crippen LogP contribution < -0.4 is 5.32 Å². The third-order valence-electron chi connectivity index (χ3n) is 4.87. The van der Waals surface area contributed by atoms with Crippen molar-refractivity contribution in [1.29, 1.82) is 0 Å². The van der Waals surface area contributed by atoms with E-state index in [4.69, 9.17) is 0 Å². The zero-order valence-electron chi connectivity index (χ0n) is 16.2. The van der Waals surface area contributed by atoms with E-state index in [2.05, 4.69) is 71.0 Å². The Balaban J connectivity index is 1.74. The Bertz CT molecular complexity index is 883. The second-order valence-corrected chi connectivity index (χ2v) is 6.94. The van der Waals surface area contributed by atoms with Crippen LogP contribution in [0.25, 0.3) is 0 Å². The predicted octanol–water partition coefficient (Wildman–Crippen LogP) is 4.32. The molecule has 1 aromatic carbocycles. The normalized spacial score (nSPS) is 12.2. The lowest BCUT2D eigenvalue weighted by Crippen LogP contribution is -2.12. The molecule has 0 saturated carbocycles. The van der Waals surface area contributed by atoms with Gasteiger partial charge in [0.15, 0.2) is 0 Å². The Kier molecular flexibility index (Phi) is 5.35. The van der Waals surface area contributed by atoms with E-state index in [1.54, 1.807) is 0 Å². The molecule has 3 aromatic rings. The van der Waals surface area contributed by atoms with Gasteiger partial charge in [0.1, 0.15) is 11.6 Å². The van der Waals surface area contributed by atoms with E-state index in [1.807, 2.05) is 25.1 Å². The topological polar surface area (TPSA) is 55.6 Å². The summed E-state index contributed by atoms with van der Waals surface area (Å²) in [5.74, 6) is 1.91. The molecular formula is C21H27N5. The maximum Gasteiger partial charge on any atom is 0.130 e. The zero-order valence-corrected chi connectivity index (χ0v) is 16.2. The van der Waals surface area contributed by atoms with Crippen molar-refractivity contribution in [1.82, 2.24) is 19.7 Å². The molecule has 0 radical (unpaired) electrons.